The molecule has 0 unspecified atom stereocenters. The van der Waals surface area contributed by atoms with Crippen molar-refractivity contribution in [2.45, 2.75) is 0 Å². The highest BCUT2D eigenvalue weighted by atomic mass is 15.4. The normalized spacial score (nSPS) is 11.6. The number of aromatic nitrogens is 9. The Morgan fingerprint density at radius 2 is 1.03 bits per heavy atom. The van der Waals surface area contributed by atoms with E-state index in [0.29, 0.717) is 17.8 Å². The summed E-state index contributed by atoms with van der Waals surface area (Å²) in [6.07, 6.45) is 5.32. The van der Waals surface area contributed by atoms with Gasteiger partial charge in [-0.1, -0.05) is 48.5 Å². The van der Waals surface area contributed by atoms with Crippen LogP contribution in [0.2, 0.25) is 0 Å². The smallest absolute Gasteiger partial charge is 0.257 e. The lowest BCUT2D eigenvalue weighted by Crippen LogP contribution is -2.14. The molecule has 4 heterocycles. The Morgan fingerprint density at radius 3 is 1.67 bits per heavy atom. The van der Waals surface area contributed by atoms with Gasteiger partial charge in [0.1, 0.15) is 6.33 Å². The van der Waals surface area contributed by atoms with Gasteiger partial charge in [-0.25, -0.2) is 4.98 Å². The summed E-state index contributed by atoms with van der Waals surface area (Å²) in [5.74, 6) is 1.23. The first kappa shape index (κ1) is 17.7. The van der Waals surface area contributed by atoms with Gasteiger partial charge in [-0.2, -0.15) is 34.5 Å². The van der Waals surface area contributed by atoms with Crippen molar-refractivity contribution in [3.05, 3.63) is 91.5 Å². The first-order chi connectivity index (χ1) is 16.3. The van der Waals surface area contributed by atoms with E-state index in [9.17, 15) is 0 Å². The van der Waals surface area contributed by atoms with Crippen LogP contribution in [0.3, 0.4) is 0 Å². The van der Waals surface area contributed by atoms with Crippen LogP contribution in [0, 0.1) is 0 Å². The number of imidazole rings is 1. The van der Waals surface area contributed by atoms with E-state index >= 15 is 0 Å². The molecule has 0 amide bonds. The molecule has 7 rings (SSSR count). The first-order valence-electron chi connectivity index (χ1n) is 10.4. The second-order valence-corrected chi connectivity index (χ2v) is 7.57. The fraction of sp³-hybridized carbons (Fsp3) is 0. The van der Waals surface area contributed by atoms with Crippen molar-refractivity contribution in [1.29, 1.82) is 0 Å². The zero-order valence-corrected chi connectivity index (χ0v) is 17.2. The van der Waals surface area contributed by atoms with E-state index in [2.05, 4.69) is 15.2 Å². The molecule has 0 atom stereocenters. The molecule has 4 aromatic heterocycles. The quantitative estimate of drug-likeness (QED) is 0.423. The molecule has 156 valence electrons. The molecule has 0 aliphatic heterocycles. The van der Waals surface area contributed by atoms with Crippen molar-refractivity contribution < 1.29 is 0 Å². The highest BCUT2D eigenvalue weighted by Crippen LogP contribution is 2.21. The van der Waals surface area contributed by atoms with Gasteiger partial charge >= 0.3 is 0 Å². The second-order valence-electron chi connectivity index (χ2n) is 7.57. The van der Waals surface area contributed by atoms with Crippen LogP contribution >= 0.6 is 0 Å². The van der Waals surface area contributed by atoms with E-state index in [1.165, 1.54) is 0 Å². The minimum Gasteiger partial charge on any atom is -0.267 e. The number of para-hydroxylation sites is 4. The first-order valence-corrected chi connectivity index (χ1v) is 10.4. The van der Waals surface area contributed by atoms with E-state index in [4.69, 9.17) is 15.0 Å². The number of hydrogen-bond acceptors (Lipinski definition) is 6. The minimum atomic E-state index is 0.397. The van der Waals surface area contributed by atoms with E-state index in [-0.39, 0.29) is 0 Å². The van der Waals surface area contributed by atoms with Crippen LogP contribution in [-0.2, 0) is 0 Å². The molecular weight excluding hydrogens is 414 g/mol. The molecule has 7 aromatic rings. The average Bonchev–Trinajstić information content (AvgIpc) is 3.60. The Hall–Kier alpha value is -4.92. The van der Waals surface area contributed by atoms with Crippen LogP contribution in [0.15, 0.2) is 91.5 Å². The summed E-state index contributed by atoms with van der Waals surface area (Å²) in [4.78, 5) is 18.8. The van der Waals surface area contributed by atoms with Crippen LogP contribution in [0.5, 0.6) is 0 Å². The minimum absolute atomic E-state index is 0.397. The van der Waals surface area contributed by atoms with E-state index < -0.39 is 0 Å². The summed E-state index contributed by atoms with van der Waals surface area (Å²) in [7, 11) is 0. The van der Waals surface area contributed by atoms with Crippen LogP contribution in [-0.4, -0.2) is 44.1 Å². The van der Waals surface area contributed by atoms with Crippen molar-refractivity contribution in [2.24, 2.45) is 0 Å². The zero-order chi connectivity index (χ0) is 21.8. The number of nitrogens with zero attached hydrogens (tertiary/aromatic N) is 9. The molecular formula is C24H15N9. The molecule has 9 nitrogen and oxygen atoms in total. The summed E-state index contributed by atoms with van der Waals surface area (Å²) in [5, 5.41) is 11.1. The van der Waals surface area contributed by atoms with Crippen molar-refractivity contribution >= 4 is 32.8 Å². The summed E-state index contributed by atoms with van der Waals surface area (Å²) in [6, 6.07) is 23.7. The zero-order valence-electron chi connectivity index (χ0n) is 17.2. The molecule has 9 heteroatoms. The second kappa shape index (κ2) is 6.79. The molecule has 33 heavy (non-hydrogen) atoms. The molecule has 0 radical (unpaired) electrons. The molecule has 0 saturated heterocycles. The monoisotopic (exact) mass is 429 g/mol. The van der Waals surface area contributed by atoms with E-state index in [0.717, 1.165) is 32.8 Å². The molecule has 3 aromatic carbocycles. The van der Waals surface area contributed by atoms with E-state index in [1.807, 2.05) is 77.4 Å². The predicted octanol–water partition coefficient (Wildman–Crippen LogP) is 3.89. The van der Waals surface area contributed by atoms with Gasteiger partial charge in [0, 0.05) is 10.8 Å². The SMILES string of the molecule is c1ccc2c(c1)cnn2-c1nc(-n2cnc3ccccc32)nc(-n2ncc3ccccc32)n1. The third-order valence-electron chi connectivity index (χ3n) is 5.60. The Labute approximate surface area is 186 Å². The molecule has 0 N–H and O–H groups in total. The molecule has 0 saturated carbocycles. The molecule has 0 spiro atoms. The fourth-order valence-electron chi connectivity index (χ4n) is 4.02. The van der Waals surface area contributed by atoms with Crippen LogP contribution in [0.1, 0.15) is 0 Å². The van der Waals surface area contributed by atoms with Crippen LogP contribution in [0.4, 0.5) is 0 Å². The summed E-state index contributed by atoms with van der Waals surface area (Å²) in [5.41, 5.74) is 3.56. The van der Waals surface area contributed by atoms with Crippen molar-refractivity contribution in [3.8, 4) is 17.8 Å². The molecule has 0 aliphatic rings. The van der Waals surface area contributed by atoms with Gasteiger partial charge in [0.25, 0.3) is 11.9 Å². The highest BCUT2D eigenvalue weighted by Gasteiger charge is 2.17. The Balaban J connectivity index is 1.52. The van der Waals surface area contributed by atoms with Crippen molar-refractivity contribution in [3.63, 3.8) is 0 Å². The Kier molecular flexibility index (Phi) is 3.65. The van der Waals surface area contributed by atoms with E-state index in [1.54, 1.807) is 28.1 Å². The maximum Gasteiger partial charge on any atom is 0.257 e. The lowest BCUT2D eigenvalue weighted by Gasteiger charge is -2.09. The van der Waals surface area contributed by atoms with Crippen molar-refractivity contribution in [1.82, 2.24) is 44.1 Å². The largest absolute Gasteiger partial charge is 0.267 e. The summed E-state index contributed by atoms with van der Waals surface area (Å²) in [6.45, 7) is 0. The van der Waals surface area contributed by atoms with Gasteiger partial charge in [-0.3, -0.25) is 4.57 Å². The average molecular weight is 429 g/mol. The van der Waals surface area contributed by atoms with Crippen LogP contribution < -0.4 is 0 Å². The van der Waals surface area contributed by atoms with Gasteiger partial charge in [-0.15, -0.1) is 0 Å². The van der Waals surface area contributed by atoms with Gasteiger partial charge in [-0.05, 0) is 24.3 Å². The molecule has 0 aliphatic carbocycles. The maximum absolute atomic E-state index is 4.77. The van der Waals surface area contributed by atoms with Crippen LogP contribution in [0.25, 0.3) is 50.7 Å². The number of hydrogen-bond donors (Lipinski definition) is 0. The Morgan fingerprint density at radius 1 is 0.515 bits per heavy atom. The van der Waals surface area contributed by atoms with Crippen molar-refractivity contribution in [2.75, 3.05) is 0 Å². The third-order valence-corrected chi connectivity index (χ3v) is 5.60. The molecule has 0 bridgehead atoms. The standard InChI is InChI=1S/C24H15N9/c1-4-10-19-16(7-1)13-26-32(19)23-28-22(31-15-25-18-9-3-6-12-21(18)31)29-24(30-23)33-20-11-5-2-8-17(20)14-27-33/h1-15H. The molecule has 0 fully saturated rings. The van der Waals surface area contributed by atoms with Gasteiger partial charge in [0.15, 0.2) is 0 Å². The topological polar surface area (TPSA) is 92.1 Å². The predicted molar refractivity (Wildman–Crippen MR) is 124 cm³/mol. The van der Waals surface area contributed by atoms with Gasteiger partial charge in [0.05, 0.1) is 34.5 Å². The maximum atomic E-state index is 4.77. The lowest BCUT2D eigenvalue weighted by atomic mass is 10.3. The summed E-state index contributed by atoms with van der Waals surface area (Å²) >= 11 is 0. The Bertz CT molecular complexity index is 1570. The number of fused-ring (bicyclic) bond motifs is 3. The van der Waals surface area contributed by atoms with Gasteiger partial charge < -0.3 is 0 Å². The number of benzene rings is 3. The van der Waals surface area contributed by atoms with Gasteiger partial charge in [0.2, 0.25) is 5.95 Å². The highest BCUT2D eigenvalue weighted by molar-refractivity contribution is 5.81. The number of rotatable bonds is 3. The lowest BCUT2D eigenvalue weighted by molar-refractivity contribution is 0.747. The summed E-state index contributed by atoms with van der Waals surface area (Å²) < 4.78 is 5.28. The fourth-order valence-corrected chi connectivity index (χ4v) is 4.02. The third kappa shape index (κ3) is 2.72.